The fraction of sp³-hybridized carbons (Fsp3) is 0.267. The number of carbonyl (C=O) groups excluding carboxylic acids is 1. The minimum Gasteiger partial charge on any atom is -0.280 e. The summed E-state index contributed by atoms with van der Waals surface area (Å²) in [6.45, 7) is 0.782. The Labute approximate surface area is 141 Å². The van der Waals surface area contributed by atoms with E-state index in [4.69, 9.17) is 5.53 Å². The molecule has 0 bridgehead atoms. The Hall–Kier alpha value is -2.44. The Bertz CT molecular complexity index is 789. The number of benzene rings is 1. The van der Waals surface area contributed by atoms with Gasteiger partial charge in [-0.05, 0) is 29.6 Å². The lowest BCUT2D eigenvalue weighted by atomic mass is 10.1. The Balaban J connectivity index is 1.85. The maximum atomic E-state index is 12.2. The molecular weight excluding hydrogens is 360 g/mol. The van der Waals surface area contributed by atoms with Crippen LogP contribution in [0.3, 0.4) is 0 Å². The van der Waals surface area contributed by atoms with Crippen molar-refractivity contribution in [2.24, 2.45) is 11.0 Å². The third-order valence-electron chi connectivity index (χ3n) is 3.61. The van der Waals surface area contributed by atoms with E-state index >= 15 is 0 Å². The van der Waals surface area contributed by atoms with Crippen LogP contribution >= 0.6 is 15.9 Å². The Morgan fingerprint density at radius 3 is 3.09 bits per heavy atom. The number of azide groups is 1. The first-order chi connectivity index (χ1) is 11.2. The van der Waals surface area contributed by atoms with Crippen molar-refractivity contribution in [2.45, 2.75) is 6.42 Å². The zero-order chi connectivity index (χ0) is 16.2. The van der Waals surface area contributed by atoms with E-state index in [1.807, 2.05) is 30.3 Å². The predicted octanol–water partition coefficient (Wildman–Crippen LogP) is 3.57. The molecule has 0 spiro atoms. The van der Waals surface area contributed by atoms with E-state index in [1.165, 1.54) is 0 Å². The van der Waals surface area contributed by atoms with Gasteiger partial charge in [0.05, 0.1) is 5.69 Å². The van der Waals surface area contributed by atoms with E-state index in [9.17, 15) is 4.79 Å². The zero-order valence-electron chi connectivity index (χ0n) is 12.1. The molecule has 1 fully saturated rings. The van der Waals surface area contributed by atoms with Crippen molar-refractivity contribution >= 4 is 27.8 Å². The second-order valence-corrected chi connectivity index (χ2v) is 6.16. The number of carbonyl (C=O) groups is 1. The number of amides is 1. The first-order valence-electron chi connectivity index (χ1n) is 7.07. The van der Waals surface area contributed by atoms with Crippen LogP contribution in [0.5, 0.6) is 0 Å². The number of halogens is 1. The van der Waals surface area contributed by atoms with Gasteiger partial charge in [0.2, 0.25) is 11.9 Å². The van der Waals surface area contributed by atoms with E-state index in [2.05, 4.69) is 35.9 Å². The highest BCUT2D eigenvalue weighted by molar-refractivity contribution is 9.10. The van der Waals surface area contributed by atoms with Crippen LogP contribution in [0.1, 0.15) is 6.42 Å². The molecular formula is C15H13BrN6O. The number of aromatic nitrogens is 2. The molecule has 8 heteroatoms. The number of nitrogens with zero attached hydrogens (tertiary/aromatic N) is 6. The van der Waals surface area contributed by atoms with Gasteiger partial charge in [-0.1, -0.05) is 33.2 Å². The van der Waals surface area contributed by atoms with Crippen molar-refractivity contribution in [3.05, 3.63) is 51.4 Å². The Morgan fingerprint density at radius 2 is 2.30 bits per heavy atom. The topological polar surface area (TPSA) is 94.9 Å². The van der Waals surface area contributed by atoms with E-state index in [-0.39, 0.29) is 11.8 Å². The van der Waals surface area contributed by atoms with Crippen LogP contribution in [0.25, 0.3) is 21.7 Å². The minimum atomic E-state index is -0.0467. The third-order valence-corrected chi connectivity index (χ3v) is 4.11. The quantitative estimate of drug-likeness (QED) is 0.466. The summed E-state index contributed by atoms with van der Waals surface area (Å²) >= 11 is 3.44. The molecule has 2 heterocycles. The van der Waals surface area contributed by atoms with E-state index < -0.39 is 0 Å². The number of hydrogen-bond acceptors (Lipinski definition) is 4. The molecule has 23 heavy (non-hydrogen) atoms. The van der Waals surface area contributed by atoms with Crippen LogP contribution in [-0.2, 0) is 4.79 Å². The molecule has 0 aliphatic carbocycles. The highest BCUT2D eigenvalue weighted by Crippen LogP contribution is 2.26. The number of rotatable bonds is 4. The van der Waals surface area contributed by atoms with Crippen molar-refractivity contribution in [1.82, 2.24) is 9.97 Å². The summed E-state index contributed by atoms with van der Waals surface area (Å²) in [5, 5.41) is 3.55. The van der Waals surface area contributed by atoms with Gasteiger partial charge in [-0.15, -0.1) is 0 Å². The molecule has 1 saturated heterocycles. The Kier molecular flexibility index (Phi) is 4.55. The highest BCUT2D eigenvalue weighted by atomic mass is 79.9. The molecule has 0 N–H and O–H groups in total. The van der Waals surface area contributed by atoms with Crippen LogP contribution in [0.15, 0.2) is 46.1 Å². The van der Waals surface area contributed by atoms with Crippen molar-refractivity contribution in [3.8, 4) is 11.3 Å². The molecule has 1 aliphatic heterocycles. The zero-order valence-corrected chi connectivity index (χ0v) is 13.7. The van der Waals surface area contributed by atoms with Crippen LogP contribution in [0.2, 0.25) is 0 Å². The lowest BCUT2D eigenvalue weighted by Gasteiger charge is -2.14. The van der Waals surface area contributed by atoms with E-state index in [0.717, 1.165) is 15.7 Å². The first kappa shape index (κ1) is 15.5. The molecule has 1 aliphatic rings. The average molecular weight is 373 g/mol. The first-order valence-corrected chi connectivity index (χ1v) is 7.87. The monoisotopic (exact) mass is 372 g/mol. The molecule has 1 aromatic heterocycles. The van der Waals surface area contributed by atoms with Crippen molar-refractivity contribution < 1.29 is 4.79 Å². The van der Waals surface area contributed by atoms with Gasteiger partial charge in [0, 0.05) is 40.7 Å². The van der Waals surface area contributed by atoms with Gasteiger partial charge in [0.25, 0.3) is 0 Å². The standard InChI is InChI=1S/C15H13BrN6O/c16-12-3-1-2-11(7-12)13-4-5-18-15(20-13)22-9-10(6-14(22)23)8-19-21-17/h1-5,7,10H,6,8-9H2. The molecule has 3 rings (SSSR count). The number of hydrogen-bond donors (Lipinski definition) is 0. The summed E-state index contributed by atoms with van der Waals surface area (Å²) < 4.78 is 0.960. The minimum absolute atomic E-state index is 0.0107. The van der Waals surface area contributed by atoms with Crippen LogP contribution in [-0.4, -0.2) is 29.0 Å². The number of anilines is 1. The second-order valence-electron chi connectivity index (χ2n) is 5.24. The van der Waals surface area contributed by atoms with Crippen molar-refractivity contribution in [3.63, 3.8) is 0 Å². The van der Waals surface area contributed by atoms with Gasteiger partial charge in [0.1, 0.15) is 0 Å². The third kappa shape index (κ3) is 3.49. The molecule has 0 saturated carbocycles. The molecule has 1 unspecified atom stereocenters. The van der Waals surface area contributed by atoms with Gasteiger partial charge < -0.3 is 0 Å². The largest absolute Gasteiger partial charge is 0.280 e. The van der Waals surface area contributed by atoms with Crippen molar-refractivity contribution in [1.29, 1.82) is 0 Å². The molecule has 1 amide bonds. The molecule has 1 aromatic carbocycles. The average Bonchev–Trinajstić information content (AvgIpc) is 2.94. The molecule has 1 atom stereocenters. The maximum absolute atomic E-state index is 12.2. The van der Waals surface area contributed by atoms with Gasteiger partial charge in [-0.25, -0.2) is 9.97 Å². The second kappa shape index (κ2) is 6.76. The van der Waals surface area contributed by atoms with E-state index in [0.29, 0.717) is 25.5 Å². The highest BCUT2D eigenvalue weighted by Gasteiger charge is 2.31. The fourth-order valence-corrected chi connectivity index (χ4v) is 2.94. The summed E-state index contributed by atoms with van der Waals surface area (Å²) in [4.78, 5) is 25.2. The lowest BCUT2D eigenvalue weighted by Crippen LogP contribution is -2.26. The summed E-state index contributed by atoms with van der Waals surface area (Å²) in [5.41, 5.74) is 10.1. The van der Waals surface area contributed by atoms with Gasteiger partial charge >= 0.3 is 0 Å². The van der Waals surface area contributed by atoms with Crippen LogP contribution in [0.4, 0.5) is 5.95 Å². The van der Waals surface area contributed by atoms with Crippen LogP contribution in [0, 0.1) is 5.92 Å². The summed E-state index contributed by atoms with van der Waals surface area (Å²) in [6.07, 6.45) is 2.00. The molecule has 0 radical (unpaired) electrons. The van der Waals surface area contributed by atoms with Crippen molar-refractivity contribution in [2.75, 3.05) is 18.0 Å². The lowest BCUT2D eigenvalue weighted by molar-refractivity contribution is -0.117. The summed E-state index contributed by atoms with van der Waals surface area (Å²) in [7, 11) is 0. The van der Waals surface area contributed by atoms with Gasteiger partial charge in [-0.3, -0.25) is 9.69 Å². The summed E-state index contributed by atoms with van der Waals surface area (Å²) in [6, 6.07) is 9.59. The maximum Gasteiger partial charge on any atom is 0.232 e. The van der Waals surface area contributed by atoms with Gasteiger partial charge in [0.15, 0.2) is 0 Å². The smallest absolute Gasteiger partial charge is 0.232 e. The normalized spacial score (nSPS) is 17.2. The molecule has 2 aromatic rings. The SMILES string of the molecule is [N-]=[N+]=NCC1CC(=O)N(c2nccc(-c3cccc(Br)c3)n2)C1. The van der Waals surface area contributed by atoms with Crippen LogP contribution < -0.4 is 4.90 Å². The molecule has 7 nitrogen and oxygen atoms in total. The molecule has 116 valence electrons. The fourth-order valence-electron chi connectivity index (χ4n) is 2.54. The van der Waals surface area contributed by atoms with E-state index in [1.54, 1.807) is 11.1 Å². The predicted molar refractivity (Wildman–Crippen MR) is 89.6 cm³/mol. The Morgan fingerprint density at radius 1 is 1.43 bits per heavy atom. The summed E-state index contributed by atoms with van der Waals surface area (Å²) in [5.74, 6) is 0.349. The van der Waals surface area contributed by atoms with Gasteiger partial charge in [-0.2, -0.15) is 0 Å².